The summed E-state index contributed by atoms with van der Waals surface area (Å²) in [4.78, 5) is 22.7. The second kappa shape index (κ2) is 8.85. The Kier molecular flexibility index (Phi) is 5.95. The number of pyridine rings is 1. The normalized spacial score (nSPS) is 26.9. The first-order chi connectivity index (χ1) is 15.2. The van der Waals surface area contributed by atoms with Crippen LogP contribution in [0.5, 0.6) is 0 Å². The van der Waals surface area contributed by atoms with Crippen LogP contribution in [0.3, 0.4) is 0 Å². The number of rotatable bonds is 4. The van der Waals surface area contributed by atoms with Crippen molar-refractivity contribution < 1.29 is 14.6 Å². The van der Waals surface area contributed by atoms with Crippen molar-refractivity contribution >= 4 is 16.8 Å². The highest BCUT2D eigenvalue weighted by Gasteiger charge is 2.49. The predicted octanol–water partition coefficient (Wildman–Crippen LogP) is 2.63. The molecular formula is C25H33N3O3. The van der Waals surface area contributed by atoms with E-state index in [1.807, 2.05) is 29.3 Å². The Labute approximate surface area is 184 Å². The number of fused-ring (bicyclic) bond motifs is 1. The molecule has 1 aliphatic carbocycles. The van der Waals surface area contributed by atoms with Gasteiger partial charge in [-0.05, 0) is 37.0 Å². The minimum atomic E-state index is -0.485. The lowest BCUT2D eigenvalue weighted by atomic mass is 9.78. The SMILES string of the molecule is O=C(N1C[C@@H](Cc2ccnc3ccccc23)[C@@H](O)C1)C1(N2CCOCC2)CCCCC1. The summed E-state index contributed by atoms with van der Waals surface area (Å²) in [6.07, 6.45) is 7.39. The number of amides is 1. The van der Waals surface area contributed by atoms with E-state index in [1.54, 1.807) is 0 Å². The highest BCUT2D eigenvalue weighted by atomic mass is 16.5. The summed E-state index contributed by atoms with van der Waals surface area (Å²) in [5, 5.41) is 12.0. The van der Waals surface area contributed by atoms with Crippen LogP contribution < -0.4 is 0 Å². The van der Waals surface area contributed by atoms with Gasteiger partial charge < -0.3 is 14.7 Å². The van der Waals surface area contributed by atoms with Crippen LogP contribution in [-0.2, 0) is 16.0 Å². The van der Waals surface area contributed by atoms with Gasteiger partial charge in [0, 0.05) is 43.7 Å². The molecule has 2 saturated heterocycles. The molecule has 1 amide bonds. The van der Waals surface area contributed by atoms with Gasteiger partial charge in [-0.15, -0.1) is 0 Å². The monoisotopic (exact) mass is 423 g/mol. The number of likely N-dealkylation sites (tertiary alicyclic amines) is 1. The Morgan fingerprint density at radius 3 is 2.68 bits per heavy atom. The largest absolute Gasteiger partial charge is 0.391 e. The van der Waals surface area contributed by atoms with Gasteiger partial charge >= 0.3 is 0 Å². The van der Waals surface area contributed by atoms with E-state index in [2.05, 4.69) is 22.0 Å². The molecule has 1 aromatic heterocycles. The van der Waals surface area contributed by atoms with E-state index in [4.69, 9.17) is 4.74 Å². The molecule has 0 spiro atoms. The Balaban J connectivity index is 1.34. The number of ether oxygens (including phenoxy) is 1. The topological polar surface area (TPSA) is 65.9 Å². The highest BCUT2D eigenvalue weighted by molar-refractivity contribution is 5.87. The van der Waals surface area contributed by atoms with Crippen molar-refractivity contribution in [2.75, 3.05) is 39.4 Å². The van der Waals surface area contributed by atoms with Crippen LogP contribution in [-0.4, -0.2) is 76.8 Å². The second-order valence-electron chi connectivity index (χ2n) is 9.42. The molecule has 31 heavy (non-hydrogen) atoms. The number of aliphatic hydroxyl groups is 1. The van der Waals surface area contributed by atoms with Gasteiger partial charge in [-0.2, -0.15) is 0 Å². The minimum absolute atomic E-state index is 0.0556. The highest BCUT2D eigenvalue weighted by Crippen LogP contribution is 2.37. The number of aromatic nitrogens is 1. The van der Waals surface area contributed by atoms with Crippen molar-refractivity contribution in [2.45, 2.75) is 50.2 Å². The summed E-state index contributed by atoms with van der Waals surface area (Å²) in [7, 11) is 0. The van der Waals surface area contributed by atoms with Gasteiger partial charge in [-0.3, -0.25) is 14.7 Å². The zero-order valence-corrected chi connectivity index (χ0v) is 18.2. The Morgan fingerprint density at radius 1 is 1.10 bits per heavy atom. The summed E-state index contributed by atoms with van der Waals surface area (Å²) in [6.45, 7) is 4.13. The quantitative estimate of drug-likeness (QED) is 0.819. The van der Waals surface area contributed by atoms with Crippen LogP contribution in [0.1, 0.15) is 37.7 Å². The van der Waals surface area contributed by atoms with Gasteiger partial charge in [0.25, 0.3) is 0 Å². The number of carbonyl (C=O) groups is 1. The fraction of sp³-hybridized carbons (Fsp3) is 0.600. The Hall–Kier alpha value is -2.02. The lowest BCUT2D eigenvalue weighted by molar-refractivity contribution is -0.150. The van der Waals surface area contributed by atoms with E-state index in [0.717, 1.165) is 56.1 Å². The number of carbonyl (C=O) groups excluding carboxylic acids is 1. The van der Waals surface area contributed by atoms with E-state index in [1.165, 1.54) is 12.0 Å². The maximum atomic E-state index is 13.9. The zero-order chi connectivity index (χ0) is 21.3. The third kappa shape index (κ3) is 3.97. The van der Waals surface area contributed by atoms with Crippen molar-refractivity contribution in [1.29, 1.82) is 0 Å². The maximum Gasteiger partial charge on any atom is 0.243 e. The fourth-order valence-corrected chi connectivity index (χ4v) is 5.92. The zero-order valence-electron chi connectivity index (χ0n) is 18.2. The number of morpholine rings is 1. The molecule has 1 N–H and O–H groups in total. The van der Waals surface area contributed by atoms with Crippen LogP contribution in [0.25, 0.3) is 10.9 Å². The standard InChI is InChI=1S/C25H33N3O3/c29-23-18-27(17-20(23)16-19-8-11-26-22-7-3-2-6-21(19)22)24(30)25(9-4-1-5-10-25)28-12-14-31-15-13-28/h2-3,6-8,11,20,23,29H,1,4-5,9-10,12-18H2/t20-,23+/m1/s1. The molecule has 5 rings (SSSR count). The van der Waals surface area contributed by atoms with Gasteiger partial charge in [0.05, 0.1) is 24.8 Å². The molecular weight excluding hydrogens is 390 g/mol. The van der Waals surface area contributed by atoms with Gasteiger partial charge in [0.15, 0.2) is 0 Å². The number of hydrogen-bond donors (Lipinski definition) is 1. The van der Waals surface area contributed by atoms with Crippen molar-refractivity contribution in [3.63, 3.8) is 0 Å². The molecule has 6 heteroatoms. The molecule has 3 heterocycles. The molecule has 2 aromatic rings. The van der Waals surface area contributed by atoms with Gasteiger partial charge in [0.1, 0.15) is 5.54 Å². The van der Waals surface area contributed by atoms with Crippen LogP contribution in [0.15, 0.2) is 36.5 Å². The third-order valence-electron chi connectivity index (χ3n) is 7.61. The van der Waals surface area contributed by atoms with E-state index in [-0.39, 0.29) is 11.8 Å². The maximum absolute atomic E-state index is 13.9. The van der Waals surface area contributed by atoms with E-state index in [0.29, 0.717) is 26.3 Å². The summed E-state index contributed by atoms with van der Waals surface area (Å²) >= 11 is 0. The van der Waals surface area contributed by atoms with Crippen LogP contribution in [0.4, 0.5) is 0 Å². The summed E-state index contributed by atoms with van der Waals surface area (Å²) in [6, 6.07) is 10.2. The molecule has 1 aromatic carbocycles. The Bertz CT molecular complexity index is 916. The fourth-order valence-electron chi connectivity index (χ4n) is 5.92. The smallest absolute Gasteiger partial charge is 0.243 e. The number of benzene rings is 1. The second-order valence-corrected chi connectivity index (χ2v) is 9.42. The summed E-state index contributed by atoms with van der Waals surface area (Å²) < 4.78 is 5.56. The predicted molar refractivity (Wildman–Crippen MR) is 120 cm³/mol. The molecule has 1 saturated carbocycles. The molecule has 166 valence electrons. The first-order valence-corrected chi connectivity index (χ1v) is 11.8. The Morgan fingerprint density at radius 2 is 1.87 bits per heavy atom. The minimum Gasteiger partial charge on any atom is -0.391 e. The average molecular weight is 424 g/mol. The molecule has 3 aliphatic rings. The van der Waals surface area contributed by atoms with Crippen molar-refractivity contribution in [1.82, 2.24) is 14.8 Å². The van der Waals surface area contributed by atoms with Gasteiger partial charge in [-0.25, -0.2) is 0 Å². The van der Waals surface area contributed by atoms with Crippen LogP contribution in [0, 0.1) is 5.92 Å². The molecule has 2 atom stereocenters. The van der Waals surface area contributed by atoms with Crippen molar-refractivity contribution in [3.8, 4) is 0 Å². The van der Waals surface area contributed by atoms with E-state index >= 15 is 0 Å². The van der Waals surface area contributed by atoms with Crippen molar-refractivity contribution in [2.24, 2.45) is 5.92 Å². The van der Waals surface area contributed by atoms with Gasteiger partial charge in [0.2, 0.25) is 5.91 Å². The van der Waals surface area contributed by atoms with E-state index in [9.17, 15) is 9.90 Å². The average Bonchev–Trinajstić information content (AvgIpc) is 3.20. The molecule has 0 unspecified atom stereocenters. The first kappa shape index (κ1) is 20.9. The molecule has 3 fully saturated rings. The molecule has 6 nitrogen and oxygen atoms in total. The third-order valence-corrected chi connectivity index (χ3v) is 7.61. The summed E-state index contributed by atoms with van der Waals surface area (Å²) in [5.74, 6) is 0.287. The lowest BCUT2D eigenvalue weighted by Crippen LogP contribution is -2.62. The number of nitrogens with zero attached hydrogens (tertiary/aromatic N) is 3. The van der Waals surface area contributed by atoms with Crippen molar-refractivity contribution in [3.05, 3.63) is 42.1 Å². The molecule has 0 bridgehead atoms. The lowest BCUT2D eigenvalue weighted by Gasteiger charge is -2.48. The first-order valence-electron chi connectivity index (χ1n) is 11.8. The van der Waals surface area contributed by atoms with E-state index < -0.39 is 11.6 Å². The summed E-state index contributed by atoms with van der Waals surface area (Å²) in [5.41, 5.74) is 1.78. The van der Waals surface area contributed by atoms with Crippen LogP contribution >= 0.6 is 0 Å². The molecule has 2 aliphatic heterocycles. The number of hydrogen-bond acceptors (Lipinski definition) is 5. The van der Waals surface area contributed by atoms with Gasteiger partial charge in [-0.1, -0.05) is 37.5 Å². The number of aliphatic hydroxyl groups excluding tert-OH is 1. The number of para-hydroxylation sites is 1. The van der Waals surface area contributed by atoms with Crippen LogP contribution in [0.2, 0.25) is 0 Å². The molecule has 0 radical (unpaired) electrons. The number of β-amino-alcohol motifs (C(OH)–C–C–N with tert-alkyl or cyclic N) is 1.